The van der Waals surface area contributed by atoms with Gasteiger partial charge in [-0.1, -0.05) is 30.3 Å². The third-order valence-corrected chi connectivity index (χ3v) is 9.07. The first kappa shape index (κ1) is 28.5. The number of hydrogen-bond acceptors (Lipinski definition) is 8. The molecule has 11 heteroatoms. The number of pyridine rings is 1. The lowest BCUT2D eigenvalue weighted by Crippen LogP contribution is -2.50. The summed E-state index contributed by atoms with van der Waals surface area (Å²) in [6, 6.07) is 16.1. The van der Waals surface area contributed by atoms with Crippen LogP contribution in [0.5, 0.6) is 0 Å². The van der Waals surface area contributed by atoms with Gasteiger partial charge in [0, 0.05) is 82.3 Å². The Balaban J connectivity index is 1.28. The predicted molar refractivity (Wildman–Crippen MR) is 171 cm³/mol. The molecule has 5 aromatic rings. The summed E-state index contributed by atoms with van der Waals surface area (Å²) < 4.78 is 3.97. The van der Waals surface area contributed by atoms with E-state index in [0.717, 1.165) is 79.4 Å². The van der Waals surface area contributed by atoms with Crippen LogP contribution in [0, 0.1) is 0 Å². The van der Waals surface area contributed by atoms with Gasteiger partial charge in [0.2, 0.25) is 0 Å². The molecule has 1 aliphatic carbocycles. The number of benzene rings is 1. The van der Waals surface area contributed by atoms with Crippen LogP contribution in [-0.2, 0) is 13.1 Å². The zero-order valence-electron chi connectivity index (χ0n) is 25.3. The van der Waals surface area contributed by atoms with E-state index in [9.17, 15) is 9.90 Å². The molecule has 44 heavy (non-hydrogen) atoms. The lowest BCUT2D eigenvalue weighted by atomic mass is 9.89. The van der Waals surface area contributed by atoms with Gasteiger partial charge in [-0.25, -0.2) is 9.97 Å². The summed E-state index contributed by atoms with van der Waals surface area (Å²) in [6.45, 7) is 6.73. The summed E-state index contributed by atoms with van der Waals surface area (Å²) in [5, 5.41) is 18.7. The number of nitrogens with one attached hydrogen (secondary N) is 1. The van der Waals surface area contributed by atoms with Crippen molar-refractivity contribution in [2.75, 3.05) is 51.7 Å². The topological polar surface area (TPSA) is 107 Å². The maximum atomic E-state index is 13.4. The number of rotatable bonds is 9. The van der Waals surface area contributed by atoms with Crippen molar-refractivity contribution in [3.05, 3.63) is 78.2 Å². The number of aromatic nitrogens is 5. The molecule has 1 saturated carbocycles. The van der Waals surface area contributed by atoms with Crippen molar-refractivity contribution in [1.82, 2.24) is 39.3 Å². The van der Waals surface area contributed by atoms with Gasteiger partial charge in [-0.3, -0.25) is 9.69 Å². The number of anilines is 1. The van der Waals surface area contributed by atoms with Crippen LogP contribution in [0.3, 0.4) is 0 Å². The van der Waals surface area contributed by atoms with Gasteiger partial charge in [0.15, 0.2) is 5.65 Å². The molecule has 1 aliphatic heterocycles. The van der Waals surface area contributed by atoms with E-state index >= 15 is 0 Å². The Bertz CT molecular complexity index is 1770. The second kappa shape index (κ2) is 12.0. The normalized spacial score (nSPS) is 19.3. The SMILES string of the molecule is CN1CCN(CCn2cc(-c3cc(N(C)Cc4ccccc4)n4ncc(C(=O)NC5CC[C@H]5O)c4n3)c3cccnc32)CC1. The molecule has 1 aromatic carbocycles. The van der Waals surface area contributed by atoms with E-state index in [1.165, 1.54) is 0 Å². The third-order valence-electron chi connectivity index (χ3n) is 9.07. The Morgan fingerprint density at radius 2 is 1.86 bits per heavy atom. The number of nitrogens with zero attached hydrogens (tertiary/aromatic N) is 8. The average Bonchev–Trinajstić information content (AvgIpc) is 3.64. The fourth-order valence-electron chi connectivity index (χ4n) is 6.17. The number of carbonyl (C=O) groups excluding carboxylic acids is 1. The van der Waals surface area contributed by atoms with Crippen LogP contribution in [0.15, 0.2) is 67.1 Å². The quantitative estimate of drug-likeness (QED) is 0.269. The zero-order chi connectivity index (χ0) is 30.2. The molecule has 5 heterocycles. The highest BCUT2D eigenvalue weighted by atomic mass is 16.3. The van der Waals surface area contributed by atoms with Gasteiger partial charge in [-0.2, -0.15) is 9.61 Å². The molecular weight excluding hydrogens is 554 g/mol. The molecule has 228 valence electrons. The Labute approximate surface area is 256 Å². The number of aliphatic hydroxyl groups excluding tert-OH is 1. The molecule has 1 unspecified atom stereocenters. The minimum Gasteiger partial charge on any atom is -0.391 e. The number of hydrogen-bond donors (Lipinski definition) is 2. The van der Waals surface area contributed by atoms with Crippen molar-refractivity contribution in [2.24, 2.45) is 0 Å². The third kappa shape index (κ3) is 5.54. The maximum absolute atomic E-state index is 13.4. The molecule has 1 saturated heterocycles. The van der Waals surface area contributed by atoms with Crippen molar-refractivity contribution in [3.63, 3.8) is 0 Å². The van der Waals surface area contributed by atoms with Gasteiger partial charge in [0.1, 0.15) is 17.0 Å². The number of likely N-dealkylation sites (N-methyl/N-ethyl adjacent to an activating group) is 1. The summed E-state index contributed by atoms with van der Waals surface area (Å²) in [7, 11) is 4.20. The smallest absolute Gasteiger partial charge is 0.257 e. The van der Waals surface area contributed by atoms with Crippen molar-refractivity contribution >= 4 is 28.4 Å². The van der Waals surface area contributed by atoms with E-state index in [-0.39, 0.29) is 11.9 Å². The molecule has 0 spiro atoms. The zero-order valence-corrected chi connectivity index (χ0v) is 25.3. The van der Waals surface area contributed by atoms with Crippen LogP contribution < -0.4 is 10.2 Å². The van der Waals surface area contributed by atoms with Gasteiger partial charge in [0.05, 0.1) is 24.0 Å². The van der Waals surface area contributed by atoms with Crippen molar-refractivity contribution in [2.45, 2.75) is 38.1 Å². The molecule has 0 radical (unpaired) electrons. The van der Waals surface area contributed by atoms with Crippen LogP contribution in [0.4, 0.5) is 5.82 Å². The summed E-state index contributed by atoms with van der Waals surface area (Å²) in [4.78, 5) is 30.2. The summed E-state index contributed by atoms with van der Waals surface area (Å²) in [6.07, 6.45) is 6.51. The summed E-state index contributed by atoms with van der Waals surface area (Å²) in [5.41, 5.74) is 4.66. The standard InChI is InChI=1S/C33H39N9O2/c1-38-13-15-40(16-14-38)17-18-41-22-26(24-9-6-12-34-31(24)41)28-19-30(39(2)21-23-7-4-3-5-8-23)42-32(36-28)25(20-35-42)33(44)37-27-10-11-29(27)43/h3-9,12,19-20,22,27,29,43H,10-11,13-18,21H2,1-2H3,(H,37,44)/t27?,29-/m1/s1. The number of amides is 1. The maximum Gasteiger partial charge on any atom is 0.257 e. The molecule has 7 rings (SSSR count). The van der Waals surface area contributed by atoms with Gasteiger partial charge in [-0.15, -0.1) is 0 Å². The van der Waals surface area contributed by atoms with Crippen molar-refractivity contribution < 1.29 is 9.90 Å². The predicted octanol–water partition coefficient (Wildman–Crippen LogP) is 2.88. The van der Waals surface area contributed by atoms with Crippen LogP contribution >= 0.6 is 0 Å². The van der Waals surface area contributed by atoms with Crippen molar-refractivity contribution in [1.29, 1.82) is 0 Å². The highest BCUT2D eigenvalue weighted by molar-refractivity contribution is 6.01. The highest BCUT2D eigenvalue weighted by Gasteiger charge is 2.31. The Morgan fingerprint density at radius 1 is 1.05 bits per heavy atom. The second-order valence-electron chi connectivity index (χ2n) is 12.1. The Morgan fingerprint density at radius 3 is 2.61 bits per heavy atom. The van der Waals surface area contributed by atoms with E-state index in [1.807, 2.05) is 43.6 Å². The Kier molecular flexibility index (Phi) is 7.75. The fourth-order valence-corrected chi connectivity index (χ4v) is 6.17. The van der Waals surface area contributed by atoms with Crippen molar-refractivity contribution in [3.8, 4) is 11.3 Å². The first-order valence-corrected chi connectivity index (χ1v) is 15.4. The van der Waals surface area contributed by atoms with Gasteiger partial charge < -0.3 is 24.8 Å². The first-order chi connectivity index (χ1) is 21.4. The molecule has 2 fully saturated rings. The number of carbonyl (C=O) groups is 1. The summed E-state index contributed by atoms with van der Waals surface area (Å²) >= 11 is 0. The number of piperazine rings is 1. The van der Waals surface area contributed by atoms with E-state index in [1.54, 1.807) is 10.7 Å². The van der Waals surface area contributed by atoms with Crippen LogP contribution in [0.25, 0.3) is 27.9 Å². The number of fused-ring (bicyclic) bond motifs is 2. The van der Waals surface area contributed by atoms with E-state index in [2.05, 4.69) is 61.1 Å². The molecule has 2 aliphatic rings. The summed E-state index contributed by atoms with van der Waals surface area (Å²) in [5.74, 6) is 0.542. The van der Waals surface area contributed by atoms with E-state index in [4.69, 9.17) is 9.97 Å². The second-order valence-corrected chi connectivity index (χ2v) is 12.1. The van der Waals surface area contributed by atoms with Crippen LogP contribution in [-0.4, -0.2) is 104 Å². The van der Waals surface area contributed by atoms with E-state index in [0.29, 0.717) is 24.2 Å². The minimum atomic E-state index is -0.513. The van der Waals surface area contributed by atoms with E-state index < -0.39 is 6.10 Å². The molecule has 2 atom stereocenters. The molecule has 11 nitrogen and oxygen atoms in total. The molecule has 4 aromatic heterocycles. The minimum absolute atomic E-state index is 0.245. The van der Waals surface area contributed by atoms with Gasteiger partial charge >= 0.3 is 0 Å². The molecule has 1 amide bonds. The van der Waals surface area contributed by atoms with Crippen LogP contribution in [0.1, 0.15) is 28.8 Å². The van der Waals surface area contributed by atoms with Gasteiger partial charge in [-0.05, 0) is 37.6 Å². The lowest BCUT2D eigenvalue weighted by Gasteiger charge is -2.32. The lowest BCUT2D eigenvalue weighted by molar-refractivity contribution is 0.0448. The van der Waals surface area contributed by atoms with Crippen LogP contribution in [0.2, 0.25) is 0 Å². The Hall–Kier alpha value is -4.32. The largest absolute Gasteiger partial charge is 0.391 e. The molecule has 0 bridgehead atoms. The first-order valence-electron chi connectivity index (χ1n) is 15.4. The van der Waals surface area contributed by atoms with Gasteiger partial charge in [0.25, 0.3) is 5.91 Å². The fraction of sp³-hybridized carbons (Fsp3) is 0.394. The average molecular weight is 594 g/mol. The molecule has 2 N–H and O–H groups in total. The molecular formula is C33H39N9O2. The monoisotopic (exact) mass is 593 g/mol. The highest BCUT2D eigenvalue weighted by Crippen LogP contribution is 2.32. The number of aliphatic hydroxyl groups is 1.